The molecule has 0 aromatic heterocycles. The monoisotopic (exact) mass is 318 g/mol. The van der Waals surface area contributed by atoms with Crippen LogP contribution in [0.4, 0.5) is 0 Å². The molecule has 5 heteroatoms. The molecule has 0 radical (unpaired) electrons. The number of rotatable bonds is 7. The topological polar surface area (TPSA) is 55.8 Å². The predicted molar refractivity (Wildman–Crippen MR) is 87.0 cm³/mol. The molecule has 0 unspecified atom stereocenters. The number of carbonyl (C=O) groups is 1. The van der Waals surface area contributed by atoms with Gasteiger partial charge in [-0.05, 0) is 30.2 Å². The highest BCUT2D eigenvalue weighted by Gasteiger charge is 2.21. The van der Waals surface area contributed by atoms with Crippen molar-refractivity contribution >= 4 is 17.7 Å². The number of hydrogen-bond donors (Lipinski definition) is 1. The van der Waals surface area contributed by atoms with E-state index in [4.69, 9.17) is 9.47 Å². The first-order chi connectivity index (χ1) is 10.6. The molecule has 2 aromatic carbocycles. The van der Waals surface area contributed by atoms with Gasteiger partial charge in [0.2, 0.25) is 0 Å². The summed E-state index contributed by atoms with van der Waals surface area (Å²) in [5.41, 5.74) is 0.846. The Kier molecular flexibility index (Phi) is 5.72. The molecule has 0 aliphatic rings. The summed E-state index contributed by atoms with van der Waals surface area (Å²) in [6, 6.07) is 14.9. The second-order valence-electron chi connectivity index (χ2n) is 4.64. The van der Waals surface area contributed by atoms with Gasteiger partial charge in [0.05, 0.1) is 14.2 Å². The number of hydrogen-bond acceptors (Lipinski definition) is 4. The van der Waals surface area contributed by atoms with Crippen molar-refractivity contribution in [1.82, 2.24) is 0 Å². The van der Waals surface area contributed by atoms with Crippen LogP contribution in [0.5, 0.6) is 11.5 Å². The van der Waals surface area contributed by atoms with Crippen LogP contribution >= 0.6 is 11.8 Å². The van der Waals surface area contributed by atoms with E-state index in [-0.39, 0.29) is 0 Å². The van der Waals surface area contributed by atoms with Crippen molar-refractivity contribution < 1.29 is 19.4 Å². The Labute approximate surface area is 134 Å². The van der Waals surface area contributed by atoms with Crippen molar-refractivity contribution in [2.45, 2.75) is 16.6 Å². The summed E-state index contributed by atoms with van der Waals surface area (Å²) in [6.07, 6.45) is 0.377. The van der Waals surface area contributed by atoms with Gasteiger partial charge in [-0.25, -0.2) is 0 Å². The van der Waals surface area contributed by atoms with Crippen LogP contribution in [-0.4, -0.2) is 30.5 Å². The number of carboxylic acid groups (broad SMARTS) is 1. The summed E-state index contributed by atoms with van der Waals surface area (Å²) in [7, 11) is 3.15. The van der Waals surface area contributed by atoms with Gasteiger partial charge in [0, 0.05) is 11.0 Å². The van der Waals surface area contributed by atoms with Crippen molar-refractivity contribution in [3.05, 3.63) is 54.1 Å². The average molecular weight is 318 g/mol. The lowest BCUT2D eigenvalue weighted by molar-refractivity contribution is -0.136. The third kappa shape index (κ3) is 4.18. The zero-order valence-electron chi connectivity index (χ0n) is 12.5. The minimum Gasteiger partial charge on any atom is -0.497 e. The smallest absolute Gasteiger partial charge is 0.317 e. The van der Waals surface area contributed by atoms with Gasteiger partial charge in [-0.3, -0.25) is 4.79 Å². The van der Waals surface area contributed by atoms with Crippen molar-refractivity contribution in [3.8, 4) is 11.5 Å². The fourth-order valence-electron chi connectivity index (χ4n) is 2.06. The van der Waals surface area contributed by atoms with Crippen LogP contribution in [0.2, 0.25) is 0 Å². The van der Waals surface area contributed by atoms with E-state index in [1.807, 2.05) is 42.5 Å². The maximum Gasteiger partial charge on any atom is 0.317 e. The molecule has 2 aromatic rings. The number of benzene rings is 2. The summed E-state index contributed by atoms with van der Waals surface area (Å²) < 4.78 is 10.5. The van der Waals surface area contributed by atoms with Crippen LogP contribution < -0.4 is 9.47 Å². The highest BCUT2D eigenvalue weighted by Crippen LogP contribution is 2.31. The number of carboxylic acids is 1. The molecule has 2 rings (SSSR count). The average Bonchev–Trinajstić information content (AvgIpc) is 2.55. The molecule has 0 aliphatic carbocycles. The van der Waals surface area contributed by atoms with Crippen molar-refractivity contribution in [1.29, 1.82) is 0 Å². The van der Waals surface area contributed by atoms with Crippen molar-refractivity contribution in [2.75, 3.05) is 14.2 Å². The van der Waals surface area contributed by atoms with Gasteiger partial charge in [-0.15, -0.1) is 11.8 Å². The molecular formula is C17H18O4S. The van der Waals surface area contributed by atoms with Gasteiger partial charge < -0.3 is 14.6 Å². The molecule has 0 heterocycles. The Morgan fingerprint density at radius 1 is 1.14 bits per heavy atom. The molecule has 4 nitrogen and oxygen atoms in total. The van der Waals surface area contributed by atoms with E-state index in [0.29, 0.717) is 17.9 Å². The second kappa shape index (κ2) is 7.75. The summed E-state index contributed by atoms with van der Waals surface area (Å²) in [5.74, 6) is 0.481. The van der Waals surface area contributed by atoms with E-state index < -0.39 is 11.2 Å². The number of methoxy groups -OCH3 is 2. The first-order valence-corrected chi connectivity index (χ1v) is 7.67. The Morgan fingerprint density at radius 2 is 1.86 bits per heavy atom. The minimum atomic E-state index is -0.841. The quantitative estimate of drug-likeness (QED) is 0.792. The first-order valence-electron chi connectivity index (χ1n) is 6.79. The molecule has 0 fully saturated rings. The Bertz CT molecular complexity index is 628. The summed E-state index contributed by atoms with van der Waals surface area (Å²) in [6.45, 7) is 0. The number of thioether (sulfide) groups is 1. The molecule has 0 amide bonds. The Morgan fingerprint density at radius 3 is 2.45 bits per heavy atom. The standard InChI is InChI=1S/C17H18O4S/c1-20-13-9-8-12(15(11-13)21-2)10-16(17(18)19)22-14-6-4-3-5-7-14/h3-9,11,16H,10H2,1-2H3,(H,18,19)/t16-/m0/s1. The number of ether oxygens (including phenoxy) is 2. The third-order valence-corrected chi connectivity index (χ3v) is 4.39. The highest BCUT2D eigenvalue weighted by atomic mass is 32.2. The number of aliphatic carboxylic acids is 1. The Hall–Kier alpha value is -2.14. The maximum absolute atomic E-state index is 11.5. The third-order valence-electron chi connectivity index (χ3n) is 3.20. The fourth-order valence-corrected chi connectivity index (χ4v) is 3.07. The largest absolute Gasteiger partial charge is 0.497 e. The normalized spacial score (nSPS) is 11.7. The maximum atomic E-state index is 11.5. The summed E-state index contributed by atoms with van der Waals surface area (Å²) in [5, 5.41) is 8.89. The lowest BCUT2D eigenvalue weighted by Crippen LogP contribution is -2.19. The van der Waals surface area contributed by atoms with Gasteiger partial charge in [0.15, 0.2) is 0 Å². The molecule has 22 heavy (non-hydrogen) atoms. The first kappa shape index (κ1) is 16.2. The zero-order chi connectivity index (χ0) is 15.9. The fraction of sp³-hybridized carbons (Fsp3) is 0.235. The molecule has 0 saturated carbocycles. The molecule has 0 bridgehead atoms. The van der Waals surface area contributed by atoms with Gasteiger partial charge in [-0.1, -0.05) is 24.3 Å². The predicted octanol–water partition coefficient (Wildman–Crippen LogP) is 3.49. The van der Waals surface area contributed by atoms with Gasteiger partial charge in [0.1, 0.15) is 16.7 Å². The lowest BCUT2D eigenvalue weighted by Gasteiger charge is -2.15. The van der Waals surface area contributed by atoms with Gasteiger partial charge in [-0.2, -0.15) is 0 Å². The minimum absolute atomic E-state index is 0.377. The molecule has 0 saturated heterocycles. The molecule has 0 aliphatic heterocycles. The van der Waals surface area contributed by atoms with E-state index in [0.717, 1.165) is 10.5 Å². The van der Waals surface area contributed by atoms with E-state index in [1.54, 1.807) is 20.3 Å². The lowest BCUT2D eigenvalue weighted by atomic mass is 10.1. The van der Waals surface area contributed by atoms with Crippen molar-refractivity contribution in [2.24, 2.45) is 0 Å². The molecule has 0 spiro atoms. The van der Waals surface area contributed by atoms with Crippen molar-refractivity contribution in [3.63, 3.8) is 0 Å². The molecule has 1 N–H and O–H groups in total. The van der Waals surface area contributed by atoms with Crippen LogP contribution in [0.3, 0.4) is 0 Å². The second-order valence-corrected chi connectivity index (χ2v) is 5.92. The van der Waals surface area contributed by atoms with E-state index in [1.165, 1.54) is 11.8 Å². The molecular weight excluding hydrogens is 300 g/mol. The van der Waals surface area contributed by atoms with Crippen LogP contribution in [0.25, 0.3) is 0 Å². The Balaban J connectivity index is 2.19. The molecule has 116 valence electrons. The zero-order valence-corrected chi connectivity index (χ0v) is 13.3. The summed E-state index contributed by atoms with van der Waals surface area (Å²) >= 11 is 1.33. The van der Waals surface area contributed by atoms with Crippen LogP contribution in [0, 0.1) is 0 Å². The SMILES string of the molecule is COc1ccc(C[C@H](Sc2ccccc2)C(=O)O)c(OC)c1. The van der Waals surface area contributed by atoms with E-state index in [9.17, 15) is 9.90 Å². The van der Waals surface area contributed by atoms with Gasteiger partial charge >= 0.3 is 5.97 Å². The summed E-state index contributed by atoms with van der Waals surface area (Å²) in [4.78, 5) is 12.5. The van der Waals surface area contributed by atoms with Gasteiger partial charge in [0.25, 0.3) is 0 Å². The molecule has 1 atom stereocenters. The van der Waals surface area contributed by atoms with Crippen LogP contribution in [0.15, 0.2) is 53.4 Å². The van der Waals surface area contributed by atoms with E-state index in [2.05, 4.69) is 0 Å². The highest BCUT2D eigenvalue weighted by molar-refractivity contribution is 8.00. The van der Waals surface area contributed by atoms with E-state index >= 15 is 0 Å². The van der Waals surface area contributed by atoms with Crippen LogP contribution in [-0.2, 0) is 11.2 Å². The van der Waals surface area contributed by atoms with Crippen LogP contribution in [0.1, 0.15) is 5.56 Å².